The lowest BCUT2D eigenvalue weighted by Crippen LogP contribution is -2.45. The van der Waals surface area contributed by atoms with Crippen LogP contribution >= 0.6 is 0 Å². The van der Waals surface area contributed by atoms with Crippen molar-refractivity contribution in [3.05, 3.63) is 47.6 Å². The van der Waals surface area contributed by atoms with Crippen LogP contribution in [0.1, 0.15) is 40.0 Å². The lowest BCUT2D eigenvalue weighted by Gasteiger charge is -2.43. The van der Waals surface area contributed by atoms with Gasteiger partial charge < -0.3 is 19.3 Å². The minimum Gasteiger partial charge on any atom is -0.389 e. The summed E-state index contributed by atoms with van der Waals surface area (Å²) in [5.41, 5.74) is 3.29. The molecule has 1 aliphatic heterocycles. The second-order valence-corrected chi connectivity index (χ2v) is 7.72. The maximum Gasteiger partial charge on any atom is 0.183 e. The molecule has 1 saturated heterocycles. The summed E-state index contributed by atoms with van der Waals surface area (Å²) in [4.78, 5) is 0. The quantitative estimate of drug-likeness (QED) is 0.754. The van der Waals surface area contributed by atoms with E-state index in [0.717, 1.165) is 24.0 Å². The monoisotopic (exact) mass is 362 g/mol. The zero-order valence-electron chi connectivity index (χ0n) is 16.8. The number of allylic oxidation sites excluding steroid dienone is 4. The van der Waals surface area contributed by atoms with E-state index < -0.39 is 18.7 Å². The summed E-state index contributed by atoms with van der Waals surface area (Å²) in [5, 5.41) is 10.3. The average Bonchev–Trinajstić information content (AvgIpc) is 2.63. The second kappa shape index (κ2) is 9.65. The Hall–Kier alpha value is -1.20. The van der Waals surface area contributed by atoms with Gasteiger partial charge in [-0.2, -0.15) is 0 Å². The van der Waals surface area contributed by atoms with Gasteiger partial charge in [0.2, 0.25) is 0 Å². The fourth-order valence-corrected chi connectivity index (χ4v) is 3.92. The molecule has 4 nitrogen and oxygen atoms in total. The van der Waals surface area contributed by atoms with E-state index in [9.17, 15) is 5.11 Å². The van der Waals surface area contributed by atoms with Crippen molar-refractivity contribution in [3.63, 3.8) is 0 Å². The van der Waals surface area contributed by atoms with Crippen LogP contribution in [-0.2, 0) is 14.2 Å². The smallest absolute Gasteiger partial charge is 0.183 e. The van der Waals surface area contributed by atoms with Crippen LogP contribution in [-0.4, -0.2) is 38.0 Å². The molecule has 0 aromatic heterocycles. The van der Waals surface area contributed by atoms with Crippen molar-refractivity contribution in [2.75, 3.05) is 14.2 Å². The number of methoxy groups -OCH3 is 2. The van der Waals surface area contributed by atoms with Gasteiger partial charge in [0.05, 0.1) is 6.10 Å². The number of aliphatic hydroxyl groups is 1. The molecule has 146 valence electrons. The maximum absolute atomic E-state index is 10.3. The van der Waals surface area contributed by atoms with Crippen LogP contribution in [0.4, 0.5) is 0 Å². The maximum atomic E-state index is 10.3. The molecular weight excluding hydrogens is 328 g/mol. The Balaban J connectivity index is 2.43. The predicted octanol–water partition coefficient (Wildman–Crippen LogP) is 4.38. The molecule has 2 rings (SSSR count). The molecule has 26 heavy (non-hydrogen) atoms. The normalized spacial score (nSPS) is 37.2. The molecule has 1 N–H and O–H groups in total. The third-order valence-corrected chi connectivity index (χ3v) is 5.19. The average molecular weight is 363 g/mol. The van der Waals surface area contributed by atoms with E-state index in [1.54, 1.807) is 14.2 Å². The van der Waals surface area contributed by atoms with Crippen LogP contribution < -0.4 is 0 Å². The van der Waals surface area contributed by atoms with Gasteiger partial charge in [-0.1, -0.05) is 55.9 Å². The highest BCUT2D eigenvalue weighted by Crippen LogP contribution is 2.44. The molecular formula is C22H34O4. The first-order valence-electron chi connectivity index (χ1n) is 9.49. The van der Waals surface area contributed by atoms with Crippen LogP contribution in [0, 0.1) is 17.8 Å². The topological polar surface area (TPSA) is 47.9 Å². The Morgan fingerprint density at radius 2 is 2.04 bits per heavy atom. The molecule has 0 amide bonds. The highest BCUT2D eigenvalue weighted by Gasteiger charge is 2.43. The second-order valence-electron chi connectivity index (χ2n) is 7.72. The number of hydrogen-bond acceptors (Lipinski definition) is 4. The fourth-order valence-electron chi connectivity index (χ4n) is 3.92. The van der Waals surface area contributed by atoms with Gasteiger partial charge in [-0.05, 0) is 43.6 Å². The summed E-state index contributed by atoms with van der Waals surface area (Å²) < 4.78 is 17.4. The third kappa shape index (κ3) is 5.17. The van der Waals surface area contributed by atoms with Crippen LogP contribution in [0.15, 0.2) is 47.6 Å². The molecule has 0 unspecified atom stereocenters. The minimum atomic E-state index is -0.507. The van der Waals surface area contributed by atoms with E-state index >= 15 is 0 Å². The summed E-state index contributed by atoms with van der Waals surface area (Å²) in [5.74, 6) is 0.686. The molecule has 1 heterocycles. The van der Waals surface area contributed by atoms with E-state index in [0.29, 0.717) is 12.3 Å². The van der Waals surface area contributed by atoms with Crippen molar-refractivity contribution in [2.45, 2.75) is 58.7 Å². The molecule has 1 aliphatic carbocycles. The van der Waals surface area contributed by atoms with Crippen molar-refractivity contribution in [3.8, 4) is 0 Å². The Bertz CT molecular complexity index is 573. The first kappa shape index (κ1) is 21.1. The first-order valence-corrected chi connectivity index (χ1v) is 9.49. The van der Waals surface area contributed by atoms with Gasteiger partial charge in [0, 0.05) is 20.1 Å². The van der Waals surface area contributed by atoms with E-state index in [4.69, 9.17) is 14.2 Å². The summed E-state index contributed by atoms with van der Waals surface area (Å²) in [6.07, 6.45) is 9.35. The zero-order chi connectivity index (χ0) is 19.3. The Morgan fingerprint density at radius 3 is 2.65 bits per heavy atom. The number of fused-ring (bicyclic) bond motifs is 1. The first-order chi connectivity index (χ1) is 12.4. The molecule has 0 aromatic carbocycles. The molecule has 4 heteroatoms. The molecule has 5 atom stereocenters. The van der Waals surface area contributed by atoms with Gasteiger partial charge in [0.25, 0.3) is 0 Å². The van der Waals surface area contributed by atoms with Crippen LogP contribution in [0.2, 0.25) is 0 Å². The van der Waals surface area contributed by atoms with Crippen molar-refractivity contribution < 1.29 is 19.3 Å². The van der Waals surface area contributed by atoms with E-state index in [2.05, 4.69) is 45.6 Å². The van der Waals surface area contributed by atoms with Crippen LogP contribution in [0.25, 0.3) is 0 Å². The third-order valence-electron chi connectivity index (χ3n) is 5.19. The van der Waals surface area contributed by atoms with Crippen LogP contribution in [0.5, 0.6) is 0 Å². The van der Waals surface area contributed by atoms with Crippen molar-refractivity contribution in [1.82, 2.24) is 0 Å². The molecule has 0 saturated carbocycles. The summed E-state index contributed by atoms with van der Waals surface area (Å²) >= 11 is 0. The number of aliphatic hydroxyl groups excluding tert-OH is 1. The van der Waals surface area contributed by atoms with E-state index in [1.165, 1.54) is 5.57 Å². The van der Waals surface area contributed by atoms with Gasteiger partial charge in [0.15, 0.2) is 12.6 Å². The van der Waals surface area contributed by atoms with Gasteiger partial charge in [-0.25, -0.2) is 0 Å². The molecule has 2 aliphatic rings. The Morgan fingerprint density at radius 1 is 1.31 bits per heavy atom. The molecule has 0 spiro atoms. The number of ether oxygens (including phenoxy) is 3. The predicted molar refractivity (Wildman–Crippen MR) is 104 cm³/mol. The molecule has 0 radical (unpaired) electrons. The van der Waals surface area contributed by atoms with Crippen molar-refractivity contribution in [2.24, 2.45) is 17.8 Å². The molecule has 1 fully saturated rings. The minimum absolute atomic E-state index is 0.000880. The summed E-state index contributed by atoms with van der Waals surface area (Å²) in [7, 11) is 3.32. The highest BCUT2D eigenvalue weighted by atomic mass is 16.8. The van der Waals surface area contributed by atoms with Crippen molar-refractivity contribution >= 4 is 0 Å². The lowest BCUT2D eigenvalue weighted by molar-refractivity contribution is -0.256. The largest absolute Gasteiger partial charge is 0.389 e. The Labute approximate surface area is 158 Å². The zero-order valence-corrected chi connectivity index (χ0v) is 16.8. The molecule has 0 bridgehead atoms. The number of rotatable bonds is 4. The highest BCUT2D eigenvalue weighted by molar-refractivity contribution is 5.26. The SMILES string of the molecule is C=C1C[C@@H](O)/C=C(/C)CC[C@@H]2C(=C/C=C/C(C)C)[C@@H](OC)O[C@H](OC)[C@@H]12. The summed E-state index contributed by atoms with van der Waals surface area (Å²) in [6.45, 7) is 10.7. The van der Waals surface area contributed by atoms with Crippen molar-refractivity contribution in [1.29, 1.82) is 0 Å². The number of hydrogen-bond donors (Lipinski definition) is 1. The van der Waals surface area contributed by atoms with Gasteiger partial charge >= 0.3 is 0 Å². The van der Waals surface area contributed by atoms with E-state index in [1.807, 2.05) is 6.08 Å². The van der Waals surface area contributed by atoms with E-state index in [-0.39, 0.29) is 11.8 Å². The van der Waals surface area contributed by atoms with Gasteiger partial charge in [0.1, 0.15) is 0 Å². The van der Waals surface area contributed by atoms with Gasteiger partial charge in [-0.15, -0.1) is 0 Å². The lowest BCUT2D eigenvalue weighted by atomic mass is 9.75. The fraction of sp³-hybridized carbons (Fsp3) is 0.636. The summed E-state index contributed by atoms with van der Waals surface area (Å²) in [6, 6.07) is 0. The Kier molecular flexibility index (Phi) is 7.84. The van der Waals surface area contributed by atoms with Crippen LogP contribution in [0.3, 0.4) is 0 Å². The standard InChI is InChI=1S/C22H34O4/c1-14(2)8-7-9-19-18-11-10-15(3)12-17(23)13-16(4)20(18)22(25-6)26-21(19)24-5/h7-9,12,14,17-18,20-23H,4,10-11,13H2,1-3,5-6H3/b8-7+,15-12-,19-9?/t17-,18+,20-,21-,22-/m0/s1. The van der Waals surface area contributed by atoms with Gasteiger partial charge in [-0.3, -0.25) is 0 Å². The molecule has 0 aromatic rings.